The summed E-state index contributed by atoms with van der Waals surface area (Å²) in [6, 6.07) is 10.9. The lowest BCUT2D eigenvalue weighted by molar-refractivity contribution is 0.326. The zero-order valence-corrected chi connectivity index (χ0v) is 15.0. The SMILES string of the molecule is CCOc1ccc(CCn2c3c(c4cc(C)ccc42)CNCC3)cn1. The van der Waals surface area contributed by atoms with Gasteiger partial charge in [-0.2, -0.15) is 0 Å². The third-order valence-electron chi connectivity index (χ3n) is 5.00. The molecule has 3 heterocycles. The first kappa shape index (κ1) is 16.2. The number of hydrogen-bond acceptors (Lipinski definition) is 3. The Morgan fingerprint density at radius 1 is 1.24 bits per heavy atom. The van der Waals surface area contributed by atoms with E-state index >= 15 is 0 Å². The van der Waals surface area contributed by atoms with Crippen LogP contribution < -0.4 is 10.1 Å². The van der Waals surface area contributed by atoms with Crippen LogP contribution in [0, 0.1) is 6.92 Å². The van der Waals surface area contributed by atoms with Crippen molar-refractivity contribution in [1.29, 1.82) is 0 Å². The number of fused-ring (bicyclic) bond motifs is 3. The normalized spacial score (nSPS) is 13.8. The van der Waals surface area contributed by atoms with Gasteiger partial charge in [0, 0.05) is 54.9 Å². The minimum absolute atomic E-state index is 0.654. The van der Waals surface area contributed by atoms with Gasteiger partial charge in [0.1, 0.15) is 0 Å². The number of aryl methyl sites for hydroxylation is 3. The maximum atomic E-state index is 5.43. The molecule has 0 spiro atoms. The van der Waals surface area contributed by atoms with E-state index in [1.807, 2.05) is 19.2 Å². The fourth-order valence-electron chi connectivity index (χ4n) is 3.78. The topological polar surface area (TPSA) is 39.1 Å². The summed E-state index contributed by atoms with van der Waals surface area (Å²) in [6.07, 6.45) is 4.02. The Morgan fingerprint density at radius 3 is 2.96 bits per heavy atom. The minimum atomic E-state index is 0.654. The largest absolute Gasteiger partial charge is 0.478 e. The molecule has 0 atom stereocenters. The number of hydrogen-bond donors (Lipinski definition) is 1. The molecule has 4 heteroatoms. The molecule has 2 aromatic heterocycles. The average molecular weight is 335 g/mol. The van der Waals surface area contributed by atoms with Crippen molar-refractivity contribution in [1.82, 2.24) is 14.9 Å². The monoisotopic (exact) mass is 335 g/mol. The van der Waals surface area contributed by atoms with E-state index in [0.717, 1.165) is 32.5 Å². The van der Waals surface area contributed by atoms with Gasteiger partial charge < -0.3 is 14.6 Å². The molecule has 0 aliphatic carbocycles. The maximum absolute atomic E-state index is 5.43. The van der Waals surface area contributed by atoms with Gasteiger partial charge in [-0.25, -0.2) is 4.98 Å². The van der Waals surface area contributed by atoms with E-state index in [2.05, 4.69) is 46.1 Å². The third kappa shape index (κ3) is 3.14. The van der Waals surface area contributed by atoms with Crippen LogP contribution in [0.1, 0.15) is 29.3 Å². The maximum Gasteiger partial charge on any atom is 0.213 e. The molecular weight excluding hydrogens is 310 g/mol. The second-order valence-electron chi connectivity index (χ2n) is 6.71. The number of aromatic nitrogens is 2. The van der Waals surface area contributed by atoms with Crippen molar-refractivity contribution in [2.45, 2.75) is 39.8 Å². The van der Waals surface area contributed by atoms with Gasteiger partial charge in [-0.3, -0.25) is 0 Å². The molecule has 0 unspecified atom stereocenters. The van der Waals surface area contributed by atoms with Gasteiger partial charge in [0.2, 0.25) is 5.88 Å². The van der Waals surface area contributed by atoms with Crippen molar-refractivity contribution < 1.29 is 4.74 Å². The van der Waals surface area contributed by atoms with Gasteiger partial charge in [0.25, 0.3) is 0 Å². The molecule has 1 aliphatic heterocycles. The highest BCUT2D eigenvalue weighted by Gasteiger charge is 2.19. The third-order valence-corrected chi connectivity index (χ3v) is 5.00. The van der Waals surface area contributed by atoms with Crippen molar-refractivity contribution in [3.63, 3.8) is 0 Å². The number of ether oxygens (including phenoxy) is 1. The Balaban J connectivity index is 1.62. The van der Waals surface area contributed by atoms with Crippen LogP contribution in [0.3, 0.4) is 0 Å². The molecule has 0 bridgehead atoms. The van der Waals surface area contributed by atoms with Crippen LogP contribution in [-0.2, 0) is 25.9 Å². The molecule has 4 nitrogen and oxygen atoms in total. The highest BCUT2D eigenvalue weighted by molar-refractivity contribution is 5.86. The summed E-state index contributed by atoms with van der Waals surface area (Å²) in [7, 11) is 0. The van der Waals surface area contributed by atoms with Gasteiger partial charge in [-0.1, -0.05) is 17.7 Å². The summed E-state index contributed by atoms with van der Waals surface area (Å²) >= 11 is 0. The fraction of sp³-hybridized carbons (Fsp3) is 0.381. The molecule has 0 saturated heterocycles. The molecule has 0 fully saturated rings. The second kappa shape index (κ2) is 6.89. The highest BCUT2D eigenvalue weighted by Crippen LogP contribution is 2.29. The molecule has 0 radical (unpaired) electrons. The van der Waals surface area contributed by atoms with E-state index in [0.29, 0.717) is 12.5 Å². The predicted molar refractivity (Wildman–Crippen MR) is 101 cm³/mol. The van der Waals surface area contributed by atoms with Crippen molar-refractivity contribution in [2.24, 2.45) is 0 Å². The molecule has 4 rings (SSSR count). The van der Waals surface area contributed by atoms with E-state index in [-0.39, 0.29) is 0 Å². The van der Waals surface area contributed by atoms with Gasteiger partial charge in [-0.05, 0) is 43.5 Å². The summed E-state index contributed by atoms with van der Waals surface area (Å²) < 4.78 is 7.95. The number of rotatable bonds is 5. The lowest BCUT2D eigenvalue weighted by atomic mass is 10.0. The molecule has 130 valence electrons. The Labute approximate surface area is 148 Å². The minimum Gasteiger partial charge on any atom is -0.478 e. The quantitative estimate of drug-likeness (QED) is 0.774. The van der Waals surface area contributed by atoms with Crippen LogP contribution in [0.15, 0.2) is 36.5 Å². The zero-order valence-electron chi connectivity index (χ0n) is 15.0. The van der Waals surface area contributed by atoms with Crippen LogP contribution in [0.4, 0.5) is 0 Å². The molecular formula is C21H25N3O. The van der Waals surface area contributed by atoms with Crippen LogP contribution >= 0.6 is 0 Å². The predicted octanol–water partition coefficient (Wildman–Crippen LogP) is 3.63. The van der Waals surface area contributed by atoms with Crippen molar-refractivity contribution in [2.75, 3.05) is 13.2 Å². The summed E-state index contributed by atoms with van der Waals surface area (Å²) in [5, 5.41) is 4.93. The van der Waals surface area contributed by atoms with E-state index in [1.165, 1.54) is 33.3 Å². The summed E-state index contributed by atoms with van der Waals surface area (Å²) in [5.74, 6) is 0.705. The highest BCUT2D eigenvalue weighted by atomic mass is 16.5. The number of nitrogens with one attached hydrogen (secondary N) is 1. The molecule has 0 saturated carbocycles. The standard InChI is InChI=1S/C21H25N3O/c1-3-25-21-7-5-16(13-23-21)9-11-24-19-6-4-15(2)12-17(19)18-14-22-10-8-20(18)24/h4-7,12-13,22H,3,8-11,14H2,1-2H3. The van der Waals surface area contributed by atoms with Crippen LogP contribution in [0.25, 0.3) is 10.9 Å². The summed E-state index contributed by atoms with van der Waals surface area (Å²) in [5.41, 5.74) is 6.92. The Kier molecular flexibility index (Phi) is 4.45. The van der Waals surface area contributed by atoms with Crippen molar-refractivity contribution in [3.8, 4) is 5.88 Å². The Bertz CT molecular complexity index is 880. The van der Waals surface area contributed by atoms with E-state index in [9.17, 15) is 0 Å². The van der Waals surface area contributed by atoms with Crippen molar-refractivity contribution >= 4 is 10.9 Å². The van der Waals surface area contributed by atoms with Crippen LogP contribution in [0.5, 0.6) is 5.88 Å². The zero-order chi connectivity index (χ0) is 17.2. The first-order chi connectivity index (χ1) is 12.3. The van der Waals surface area contributed by atoms with Gasteiger partial charge in [-0.15, -0.1) is 0 Å². The molecule has 3 aromatic rings. The number of benzene rings is 1. The van der Waals surface area contributed by atoms with E-state index in [4.69, 9.17) is 4.74 Å². The van der Waals surface area contributed by atoms with Gasteiger partial charge in [0.15, 0.2) is 0 Å². The number of pyridine rings is 1. The number of nitrogens with zero attached hydrogens (tertiary/aromatic N) is 2. The van der Waals surface area contributed by atoms with Crippen molar-refractivity contribution in [3.05, 3.63) is 58.9 Å². The molecule has 1 aromatic carbocycles. The smallest absolute Gasteiger partial charge is 0.213 e. The van der Waals surface area contributed by atoms with Crippen LogP contribution in [-0.4, -0.2) is 22.7 Å². The summed E-state index contributed by atoms with van der Waals surface area (Å²) in [6.45, 7) is 7.84. The van der Waals surface area contributed by atoms with Gasteiger partial charge in [0.05, 0.1) is 6.61 Å². The molecule has 25 heavy (non-hydrogen) atoms. The van der Waals surface area contributed by atoms with E-state index in [1.54, 1.807) is 0 Å². The summed E-state index contributed by atoms with van der Waals surface area (Å²) in [4.78, 5) is 4.39. The van der Waals surface area contributed by atoms with Gasteiger partial charge >= 0.3 is 0 Å². The Hall–Kier alpha value is -2.33. The first-order valence-electron chi connectivity index (χ1n) is 9.15. The van der Waals surface area contributed by atoms with Crippen LogP contribution in [0.2, 0.25) is 0 Å². The fourth-order valence-corrected chi connectivity index (χ4v) is 3.78. The van der Waals surface area contributed by atoms with E-state index < -0.39 is 0 Å². The molecule has 0 amide bonds. The lowest BCUT2D eigenvalue weighted by Gasteiger charge is -2.17. The lowest BCUT2D eigenvalue weighted by Crippen LogP contribution is -2.24. The first-order valence-corrected chi connectivity index (χ1v) is 9.15. The Morgan fingerprint density at radius 2 is 2.16 bits per heavy atom. The molecule has 1 aliphatic rings. The molecule has 1 N–H and O–H groups in total. The second-order valence-corrected chi connectivity index (χ2v) is 6.71. The average Bonchev–Trinajstić information content (AvgIpc) is 2.95.